The molecule has 0 N–H and O–H groups in total. The summed E-state index contributed by atoms with van der Waals surface area (Å²) in [5, 5.41) is 3.99. The van der Waals surface area contributed by atoms with Crippen LogP contribution in [0.2, 0.25) is 0 Å². The number of hydrogen-bond acceptors (Lipinski definition) is 3. The van der Waals surface area contributed by atoms with E-state index in [9.17, 15) is 0 Å². The van der Waals surface area contributed by atoms with Crippen molar-refractivity contribution < 1.29 is 0 Å². The maximum atomic E-state index is 2.34. The molecule has 3 nitrogen and oxygen atoms in total. The molecule has 0 aliphatic rings. The fourth-order valence-corrected chi connectivity index (χ4v) is 7.75. The van der Waals surface area contributed by atoms with Gasteiger partial charge in [0.05, 0.1) is 0 Å². The SMILES string of the molecule is CN(C)[CH2][Ge]([CH2]N(C)C)[CH2]N(C)C. The zero-order valence-corrected chi connectivity index (χ0v) is 12.1. The van der Waals surface area contributed by atoms with Gasteiger partial charge in [-0.1, -0.05) is 0 Å². The zero-order valence-electron chi connectivity index (χ0n) is 9.96. The van der Waals surface area contributed by atoms with Crippen LogP contribution in [-0.2, 0) is 0 Å². The van der Waals surface area contributed by atoms with Crippen LogP contribution in [0.4, 0.5) is 0 Å². The molecule has 0 fully saturated rings. The number of hydrogen-bond donors (Lipinski definition) is 0. The molecule has 0 amide bonds. The van der Waals surface area contributed by atoms with E-state index in [4.69, 9.17) is 0 Å². The van der Waals surface area contributed by atoms with Crippen molar-refractivity contribution in [2.24, 2.45) is 0 Å². The van der Waals surface area contributed by atoms with Crippen LogP contribution >= 0.6 is 0 Å². The summed E-state index contributed by atoms with van der Waals surface area (Å²) in [6, 6.07) is 0. The van der Waals surface area contributed by atoms with Gasteiger partial charge in [0, 0.05) is 0 Å². The van der Waals surface area contributed by atoms with Crippen molar-refractivity contribution in [3.05, 3.63) is 0 Å². The van der Waals surface area contributed by atoms with E-state index in [1.165, 1.54) is 16.1 Å². The Morgan fingerprint density at radius 1 is 0.615 bits per heavy atom. The van der Waals surface area contributed by atoms with Crippen molar-refractivity contribution in [1.82, 2.24) is 14.7 Å². The molecule has 1 radical (unpaired) electrons. The molecule has 0 heterocycles. The first kappa shape index (κ1) is 13.4. The minimum atomic E-state index is -0.903. The van der Waals surface area contributed by atoms with Crippen molar-refractivity contribution in [2.75, 3.05) is 58.4 Å². The first-order valence-electron chi connectivity index (χ1n) is 4.69. The number of rotatable bonds is 6. The van der Waals surface area contributed by atoms with Gasteiger partial charge in [-0.25, -0.2) is 0 Å². The molecule has 0 saturated heterocycles. The Morgan fingerprint density at radius 3 is 1.00 bits per heavy atom. The molecule has 0 aliphatic heterocycles. The van der Waals surface area contributed by atoms with Gasteiger partial charge in [0.1, 0.15) is 0 Å². The van der Waals surface area contributed by atoms with Crippen LogP contribution in [0.15, 0.2) is 0 Å². The van der Waals surface area contributed by atoms with Crippen LogP contribution in [0.3, 0.4) is 0 Å². The van der Waals surface area contributed by atoms with Gasteiger partial charge in [-0.2, -0.15) is 0 Å². The number of nitrogens with zero attached hydrogens (tertiary/aromatic N) is 3. The van der Waals surface area contributed by atoms with E-state index in [0.29, 0.717) is 0 Å². The molecule has 0 aromatic heterocycles. The molecule has 0 bridgehead atoms. The van der Waals surface area contributed by atoms with Gasteiger partial charge in [-0.05, 0) is 0 Å². The molecule has 79 valence electrons. The standard InChI is InChI=1S/C9H24GeN3/c1-11(2)7-10(8-12(3)4)9-13(5)6/h7-9H2,1-6H3. The van der Waals surface area contributed by atoms with Crippen molar-refractivity contribution in [3.63, 3.8) is 0 Å². The third kappa shape index (κ3) is 8.74. The van der Waals surface area contributed by atoms with Crippen LogP contribution in [0.1, 0.15) is 0 Å². The van der Waals surface area contributed by atoms with Crippen LogP contribution in [0.25, 0.3) is 0 Å². The molecule has 0 spiro atoms. The molecule has 0 aliphatic carbocycles. The Balaban J connectivity index is 3.87. The molecule has 13 heavy (non-hydrogen) atoms. The van der Waals surface area contributed by atoms with Gasteiger partial charge in [0.15, 0.2) is 0 Å². The molecule has 0 saturated carbocycles. The second-order valence-electron chi connectivity index (χ2n) is 4.46. The molecule has 0 aromatic rings. The summed E-state index contributed by atoms with van der Waals surface area (Å²) < 4.78 is 0. The summed E-state index contributed by atoms with van der Waals surface area (Å²) in [6.45, 7) is 0. The van der Waals surface area contributed by atoms with Crippen molar-refractivity contribution >= 4 is 14.3 Å². The van der Waals surface area contributed by atoms with Gasteiger partial charge < -0.3 is 0 Å². The molecule has 0 unspecified atom stereocenters. The van der Waals surface area contributed by atoms with Crippen molar-refractivity contribution in [1.29, 1.82) is 0 Å². The Hall–Kier alpha value is 0.423. The van der Waals surface area contributed by atoms with Crippen LogP contribution in [-0.4, -0.2) is 87.5 Å². The van der Waals surface area contributed by atoms with Gasteiger partial charge in [-0.3, -0.25) is 0 Å². The Kier molecular flexibility index (Phi) is 7.04. The fourth-order valence-electron chi connectivity index (χ4n) is 1.49. The molecule has 0 rings (SSSR count). The summed E-state index contributed by atoms with van der Waals surface area (Å²) >= 11 is -0.903. The average Bonchev–Trinajstić information content (AvgIpc) is 1.80. The monoisotopic (exact) mass is 248 g/mol. The van der Waals surface area contributed by atoms with E-state index in [2.05, 4.69) is 57.0 Å². The summed E-state index contributed by atoms with van der Waals surface area (Å²) in [5.74, 6) is 0. The molecule has 4 heteroatoms. The first-order valence-corrected chi connectivity index (χ1v) is 9.14. The predicted octanol–water partition coefficient (Wildman–Crippen LogP) is -0.216. The van der Waals surface area contributed by atoms with Crippen LogP contribution in [0.5, 0.6) is 0 Å². The molecular weight excluding hydrogens is 223 g/mol. The fraction of sp³-hybridized carbons (Fsp3) is 1.00. The summed E-state index contributed by atoms with van der Waals surface area (Å²) in [5.41, 5.74) is 0. The van der Waals surface area contributed by atoms with Gasteiger partial charge >= 0.3 is 87.5 Å². The van der Waals surface area contributed by atoms with E-state index in [1.54, 1.807) is 0 Å². The zero-order chi connectivity index (χ0) is 10.4. The quantitative estimate of drug-likeness (QED) is 0.601. The third-order valence-corrected chi connectivity index (χ3v) is 8.42. The van der Waals surface area contributed by atoms with Gasteiger partial charge in [0.25, 0.3) is 0 Å². The van der Waals surface area contributed by atoms with Crippen molar-refractivity contribution in [3.8, 4) is 0 Å². The average molecular weight is 247 g/mol. The maximum absolute atomic E-state index is 2.34. The van der Waals surface area contributed by atoms with Gasteiger partial charge in [-0.15, -0.1) is 0 Å². The van der Waals surface area contributed by atoms with E-state index < -0.39 is 14.3 Å². The first-order chi connectivity index (χ1) is 5.91. The van der Waals surface area contributed by atoms with E-state index in [-0.39, 0.29) is 0 Å². The molecular formula is C9H24GeN3. The van der Waals surface area contributed by atoms with E-state index in [0.717, 1.165) is 0 Å². The Labute approximate surface area is 87.8 Å². The second-order valence-corrected chi connectivity index (χ2v) is 9.60. The minimum absolute atomic E-state index is 0.903. The third-order valence-electron chi connectivity index (χ3n) is 1.62. The van der Waals surface area contributed by atoms with E-state index in [1.807, 2.05) is 0 Å². The Bertz CT molecular complexity index is 102. The Morgan fingerprint density at radius 2 is 0.846 bits per heavy atom. The van der Waals surface area contributed by atoms with E-state index >= 15 is 0 Å². The molecule has 0 aromatic carbocycles. The van der Waals surface area contributed by atoms with Crippen LogP contribution < -0.4 is 0 Å². The molecule has 0 atom stereocenters. The summed E-state index contributed by atoms with van der Waals surface area (Å²) in [7, 11) is 13.1. The predicted molar refractivity (Wildman–Crippen MR) is 61.4 cm³/mol. The second kappa shape index (κ2) is 6.81. The van der Waals surface area contributed by atoms with Gasteiger partial charge in [0.2, 0.25) is 0 Å². The van der Waals surface area contributed by atoms with Crippen molar-refractivity contribution in [2.45, 2.75) is 0 Å². The normalized spacial score (nSPS) is 12.5. The van der Waals surface area contributed by atoms with Crippen LogP contribution in [0, 0.1) is 0 Å². The topological polar surface area (TPSA) is 9.72 Å². The summed E-state index contributed by atoms with van der Waals surface area (Å²) in [6.07, 6.45) is 0. The summed E-state index contributed by atoms with van der Waals surface area (Å²) in [4.78, 5) is 7.01.